The van der Waals surface area contributed by atoms with E-state index in [1.54, 1.807) is 16.3 Å². The fourth-order valence-corrected chi connectivity index (χ4v) is 3.84. The van der Waals surface area contributed by atoms with E-state index in [0.717, 1.165) is 44.5 Å². The SMILES string of the molecule is CN(CC1CCCN(CCc2ccccc2F)C1)C(=O)c1csnn1. The Hall–Kier alpha value is -1.86. The summed E-state index contributed by atoms with van der Waals surface area (Å²) in [6.07, 6.45) is 2.95. The molecule has 1 amide bonds. The number of hydrogen-bond donors (Lipinski definition) is 0. The van der Waals surface area contributed by atoms with Crippen LogP contribution in [0.3, 0.4) is 0 Å². The molecule has 1 aromatic heterocycles. The van der Waals surface area contributed by atoms with Crippen LogP contribution >= 0.6 is 11.5 Å². The fraction of sp³-hybridized carbons (Fsp3) is 0.500. The van der Waals surface area contributed by atoms with Gasteiger partial charge in [-0.3, -0.25) is 4.79 Å². The molecule has 25 heavy (non-hydrogen) atoms. The zero-order chi connectivity index (χ0) is 17.6. The number of piperidine rings is 1. The number of nitrogens with zero attached hydrogens (tertiary/aromatic N) is 4. The molecule has 0 bridgehead atoms. The largest absolute Gasteiger partial charge is 0.340 e. The molecular formula is C18H23FN4OS. The van der Waals surface area contributed by atoms with Gasteiger partial charge in [0.15, 0.2) is 5.69 Å². The highest BCUT2D eigenvalue weighted by molar-refractivity contribution is 7.03. The predicted molar refractivity (Wildman–Crippen MR) is 96.1 cm³/mol. The second kappa shape index (κ2) is 8.49. The van der Waals surface area contributed by atoms with Gasteiger partial charge in [-0.05, 0) is 54.9 Å². The van der Waals surface area contributed by atoms with Crippen molar-refractivity contribution in [3.63, 3.8) is 0 Å². The molecule has 1 aliphatic rings. The first-order valence-electron chi connectivity index (χ1n) is 8.62. The van der Waals surface area contributed by atoms with Gasteiger partial charge in [0.05, 0.1) is 0 Å². The highest BCUT2D eigenvalue weighted by Crippen LogP contribution is 2.19. The van der Waals surface area contributed by atoms with Gasteiger partial charge in [-0.2, -0.15) is 0 Å². The smallest absolute Gasteiger partial charge is 0.275 e. The highest BCUT2D eigenvalue weighted by Gasteiger charge is 2.24. The minimum atomic E-state index is -0.127. The monoisotopic (exact) mass is 362 g/mol. The van der Waals surface area contributed by atoms with E-state index in [4.69, 9.17) is 0 Å². The van der Waals surface area contributed by atoms with Gasteiger partial charge in [-0.1, -0.05) is 22.7 Å². The van der Waals surface area contributed by atoms with Crippen molar-refractivity contribution in [1.82, 2.24) is 19.4 Å². The third-order valence-corrected chi connectivity index (χ3v) is 5.22. The molecule has 1 aromatic carbocycles. The van der Waals surface area contributed by atoms with Gasteiger partial charge in [0.2, 0.25) is 0 Å². The number of likely N-dealkylation sites (tertiary alicyclic amines) is 1. The number of carbonyl (C=O) groups excluding carboxylic acids is 1. The van der Waals surface area contributed by atoms with Crippen molar-refractivity contribution in [1.29, 1.82) is 0 Å². The molecule has 3 rings (SSSR count). The molecule has 0 spiro atoms. The second-order valence-electron chi connectivity index (χ2n) is 6.63. The summed E-state index contributed by atoms with van der Waals surface area (Å²) < 4.78 is 17.5. The van der Waals surface area contributed by atoms with Crippen LogP contribution in [0.25, 0.3) is 0 Å². The van der Waals surface area contributed by atoms with Crippen molar-refractivity contribution in [2.45, 2.75) is 19.3 Å². The molecule has 5 nitrogen and oxygen atoms in total. The Bertz CT molecular complexity index is 694. The van der Waals surface area contributed by atoms with Crippen LogP contribution in [0, 0.1) is 11.7 Å². The Kier molecular flexibility index (Phi) is 6.09. The minimum absolute atomic E-state index is 0.0720. The molecule has 0 radical (unpaired) electrons. The van der Waals surface area contributed by atoms with E-state index in [0.29, 0.717) is 18.2 Å². The lowest BCUT2D eigenvalue weighted by atomic mass is 9.97. The van der Waals surface area contributed by atoms with E-state index in [1.807, 2.05) is 19.2 Å². The quantitative estimate of drug-likeness (QED) is 0.793. The molecule has 1 saturated heterocycles. The summed E-state index contributed by atoms with van der Waals surface area (Å²) in [5, 5.41) is 5.53. The van der Waals surface area contributed by atoms with Gasteiger partial charge in [0, 0.05) is 32.1 Å². The fourth-order valence-electron chi connectivity index (χ4n) is 3.41. The molecule has 0 aliphatic carbocycles. The standard InChI is InChI=1S/C18H23FN4OS/c1-22(18(24)17-13-25-21-20-17)11-14-5-4-9-23(12-14)10-8-15-6-2-3-7-16(15)19/h2-3,6-7,13-14H,4-5,8-12H2,1H3. The summed E-state index contributed by atoms with van der Waals surface area (Å²) in [5.41, 5.74) is 1.19. The number of rotatable bonds is 6. The van der Waals surface area contributed by atoms with Crippen molar-refractivity contribution >= 4 is 17.4 Å². The van der Waals surface area contributed by atoms with Crippen LogP contribution in [-0.2, 0) is 6.42 Å². The first-order valence-corrected chi connectivity index (χ1v) is 9.45. The number of aromatic nitrogens is 2. The van der Waals surface area contributed by atoms with Gasteiger partial charge in [0.25, 0.3) is 5.91 Å². The number of benzene rings is 1. The van der Waals surface area contributed by atoms with E-state index in [-0.39, 0.29) is 11.7 Å². The molecule has 1 unspecified atom stereocenters. The van der Waals surface area contributed by atoms with Crippen LogP contribution in [0.4, 0.5) is 4.39 Å². The molecule has 1 aliphatic heterocycles. The molecule has 2 heterocycles. The van der Waals surface area contributed by atoms with Crippen molar-refractivity contribution in [3.8, 4) is 0 Å². The maximum Gasteiger partial charge on any atom is 0.275 e. The third-order valence-electron chi connectivity index (χ3n) is 4.72. The van der Waals surface area contributed by atoms with E-state index in [9.17, 15) is 9.18 Å². The first kappa shape index (κ1) is 17.9. The summed E-state index contributed by atoms with van der Waals surface area (Å²) in [6.45, 7) is 3.55. The average molecular weight is 362 g/mol. The van der Waals surface area contributed by atoms with Crippen LogP contribution in [0.15, 0.2) is 29.6 Å². The van der Waals surface area contributed by atoms with Crippen LogP contribution in [0.5, 0.6) is 0 Å². The number of carbonyl (C=O) groups is 1. The molecule has 2 aromatic rings. The number of amides is 1. The zero-order valence-electron chi connectivity index (χ0n) is 14.4. The van der Waals surface area contributed by atoms with Gasteiger partial charge >= 0.3 is 0 Å². The normalized spacial score (nSPS) is 18.2. The minimum Gasteiger partial charge on any atom is -0.340 e. The van der Waals surface area contributed by atoms with Crippen LogP contribution in [0.1, 0.15) is 28.9 Å². The van der Waals surface area contributed by atoms with Gasteiger partial charge in [-0.25, -0.2) is 4.39 Å². The lowest BCUT2D eigenvalue weighted by Gasteiger charge is -2.34. The molecule has 0 N–H and O–H groups in total. The Morgan fingerprint density at radius 1 is 1.44 bits per heavy atom. The lowest BCUT2D eigenvalue weighted by molar-refractivity contribution is 0.0724. The Morgan fingerprint density at radius 2 is 2.28 bits per heavy atom. The highest BCUT2D eigenvalue weighted by atomic mass is 32.1. The predicted octanol–water partition coefficient (Wildman–Crippen LogP) is 2.70. The van der Waals surface area contributed by atoms with Crippen LogP contribution in [0.2, 0.25) is 0 Å². The average Bonchev–Trinajstić information content (AvgIpc) is 3.15. The molecule has 1 atom stereocenters. The summed E-state index contributed by atoms with van der Waals surface area (Å²) in [6, 6.07) is 6.97. The summed E-state index contributed by atoms with van der Waals surface area (Å²) in [5.74, 6) is 0.241. The number of hydrogen-bond acceptors (Lipinski definition) is 5. The number of halogens is 1. The second-order valence-corrected chi connectivity index (χ2v) is 7.24. The maximum absolute atomic E-state index is 13.7. The molecule has 7 heteroatoms. The van der Waals surface area contributed by atoms with Crippen molar-refractivity contribution in [2.75, 3.05) is 33.2 Å². The van der Waals surface area contributed by atoms with Crippen molar-refractivity contribution in [2.24, 2.45) is 5.92 Å². The Labute approximate surface area is 151 Å². The molecule has 1 fully saturated rings. The van der Waals surface area contributed by atoms with E-state index in [2.05, 4.69) is 14.5 Å². The van der Waals surface area contributed by atoms with E-state index < -0.39 is 0 Å². The lowest BCUT2D eigenvalue weighted by Crippen LogP contribution is -2.42. The third kappa shape index (κ3) is 4.83. The molecule has 0 saturated carbocycles. The van der Waals surface area contributed by atoms with Gasteiger partial charge in [0.1, 0.15) is 5.82 Å². The molecule has 134 valence electrons. The summed E-state index contributed by atoms with van der Waals surface area (Å²) >= 11 is 1.19. The van der Waals surface area contributed by atoms with E-state index >= 15 is 0 Å². The maximum atomic E-state index is 13.7. The Balaban J connectivity index is 1.49. The van der Waals surface area contributed by atoms with Crippen LogP contribution in [-0.4, -0.2) is 58.5 Å². The summed E-state index contributed by atoms with van der Waals surface area (Å²) in [4.78, 5) is 16.4. The first-order chi connectivity index (χ1) is 12.1. The van der Waals surface area contributed by atoms with Crippen molar-refractivity contribution < 1.29 is 9.18 Å². The summed E-state index contributed by atoms with van der Waals surface area (Å²) in [7, 11) is 1.82. The topological polar surface area (TPSA) is 49.3 Å². The van der Waals surface area contributed by atoms with Crippen LogP contribution < -0.4 is 0 Å². The van der Waals surface area contributed by atoms with E-state index in [1.165, 1.54) is 17.6 Å². The Morgan fingerprint density at radius 3 is 3.04 bits per heavy atom. The van der Waals surface area contributed by atoms with Gasteiger partial charge in [-0.15, -0.1) is 5.10 Å². The zero-order valence-corrected chi connectivity index (χ0v) is 15.2. The van der Waals surface area contributed by atoms with Gasteiger partial charge < -0.3 is 9.80 Å². The van der Waals surface area contributed by atoms with Crippen molar-refractivity contribution in [3.05, 3.63) is 46.7 Å². The molecular weight excluding hydrogens is 339 g/mol.